The minimum atomic E-state index is -0.474. The predicted molar refractivity (Wildman–Crippen MR) is 186 cm³/mol. The highest BCUT2D eigenvalue weighted by molar-refractivity contribution is 9.10. The monoisotopic (exact) mass is 678 g/mol. The van der Waals surface area contributed by atoms with Crippen LogP contribution in [0.4, 0.5) is 34.5 Å². The predicted octanol–water partition coefficient (Wildman–Crippen LogP) is 4.84. The van der Waals surface area contributed by atoms with E-state index < -0.39 is 7.92 Å². The van der Waals surface area contributed by atoms with Gasteiger partial charge in [-0.2, -0.15) is 4.98 Å². The van der Waals surface area contributed by atoms with Gasteiger partial charge in [0.1, 0.15) is 11.6 Å². The summed E-state index contributed by atoms with van der Waals surface area (Å²) in [7, 11) is 3.41. The number of nitrogens with zero attached hydrogens (tertiary/aromatic N) is 7. The van der Waals surface area contributed by atoms with Gasteiger partial charge in [-0.05, 0) is 67.3 Å². The molecular weight excluding hydrogens is 639 g/mol. The second kappa shape index (κ2) is 13.4. The number of halogens is 1. The van der Waals surface area contributed by atoms with Crippen molar-refractivity contribution in [2.45, 2.75) is 18.9 Å². The number of nitrogen functional groups attached to an aromatic ring is 1. The number of anilines is 6. The first kappa shape index (κ1) is 30.7. The first-order valence-electron chi connectivity index (χ1n) is 14.9. The minimum absolute atomic E-state index is 0.423. The van der Waals surface area contributed by atoms with Crippen LogP contribution in [0.15, 0.2) is 47.3 Å². The molecule has 0 aliphatic carbocycles. The van der Waals surface area contributed by atoms with Crippen LogP contribution < -0.4 is 31.3 Å². The van der Waals surface area contributed by atoms with Crippen molar-refractivity contribution in [3.63, 3.8) is 0 Å². The highest BCUT2D eigenvalue weighted by atomic mass is 79.9. The third-order valence-corrected chi connectivity index (χ3v) is 10.4. The van der Waals surface area contributed by atoms with E-state index in [9.17, 15) is 0 Å². The van der Waals surface area contributed by atoms with E-state index in [1.165, 1.54) is 0 Å². The Labute approximate surface area is 268 Å². The highest BCUT2D eigenvalue weighted by Crippen LogP contribution is 2.39. The summed E-state index contributed by atoms with van der Waals surface area (Å²) in [5.41, 5.74) is 11.8. The molecule has 2 aliphatic rings. The first-order chi connectivity index (χ1) is 21.3. The maximum absolute atomic E-state index is 6.65. The molecule has 2 saturated heterocycles. The van der Waals surface area contributed by atoms with Crippen LogP contribution in [-0.2, 0) is 0 Å². The molecule has 4 N–H and O–H groups in total. The summed E-state index contributed by atoms with van der Waals surface area (Å²) >= 11 is 3.62. The van der Waals surface area contributed by atoms with E-state index in [1.54, 1.807) is 25.7 Å². The van der Waals surface area contributed by atoms with Gasteiger partial charge in [-0.15, -0.1) is 0 Å². The zero-order valence-corrected chi connectivity index (χ0v) is 28.2. The lowest BCUT2D eigenvalue weighted by Gasteiger charge is -2.42. The van der Waals surface area contributed by atoms with Gasteiger partial charge in [-0.3, -0.25) is 14.9 Å². The summed E-state index contributed by atoms with van der Waals surface area (Å²) in [6, 6.07) is 8.60. The van der Waals surface area contributed by atoms with Gasteiger partial charge in [0.2, 0.25) is 5.95 Å². The Bertz CT molecular complexity index is 1620. The molecule has 11 nitrogen and oxygen atoms in total. The van der Waals surface area contributed by atoms with Gasteiger partial charge in [0, 0.05) is 81.0 Å². The van der Waals surface area contributed by atoms with Crippen molar-refractivity contribution < 1.29 is 4.74 Å². The van der Waals surface area contributed by atoms with Gasteiger partial charge in [-0.25, -0.2) is 4.98 Å². The molecule has 0 unspecified atom stereocenters. The molecule has 13 heteroatoms. The summed E-state index contributed by atoms with van der Waals surface area (Å²) in [6.45, 7) is 11.0. The average Bonchev–Trinajstić information content (AvgIpc) is 3.03. The number of aromatic nitrogens is 4. The number of methoxy groups -OCH3 is 1. The molecule has 2 aliphatic heterocycles. The Morgan fingerprint density at radius 2 is 1.70 bits per heavy atom. The summed E-state index contributed by atoms with van der Waals surface area (Å²) in [4.78, 5) is 25.9. The minimum Gasteiger partial charge on any atom is -0.494 e. The smallest absolute Gasteiger partial charge is 0.229 e. The Morgan fingerprint density at radius 3 is 2.43 bits per heavy atom. The number of ether oxygens (including phenoxy) is 1. The third kappa shape index (κ3) is 6.54. The van der Waals surface area contributed by atoms with Crippen LogP contribution in [0.25, 0.3) is 11.0 Å². The molecule has 0 spiro atoms. The van der Waals surface area contributed by atoms with Crippen molar-refractivity contribution in [3.05, 3.63) is 47.3 Å². The van der Waals surface area contributed by atoms with Crippen molar-refractivity contribution in [2.24, 2.45) is 0 Å². The maximum atomic E-state index is 6.65. The van der Waals surface area contributed by atoms with Crippen LogP contribution >= 0.6 is 23.9 Å². The van der Waals surface area contributed by atoms with E-state index in [1.807, 2.05) is 24.3 Å². The quantitative estimate of drug-likeness (QED) is 0.175. The maximum Gasteiger partial charge on any atom is 0.229 e. The van der Waals surface area contributed by atoms with Gasteiger partial charge in [0.25, 0.3) is 0 Å². The molecule has 2 aromatic heterocycles. The number of likely N-dealkylation sites (N-methyl/N-ethyl adjacent to an activating group) is 1. The number of hydrogen-bond acceptors (Lipinski definition) is 11. The van der Waals surface area contributed by atoms with Gasteiger partial charge >= 0.3 is 0 Å². The van der Waals surface area contributed by atoms with Gasteiger partial charge in [-0.1, -0.05) is 7.92 Å². The number of nitrogens with one attached hydrogen (secondary N) is 2. The number of fused-ring (bicyclic) bond motifs is 1. The van der Waals surface area contributed by atoms with Crippen molar-refractivity contribution in [3.8, 4) is 5.75 Å². The Balaban J connectivity index is 1.19. The molecule has 0 amide bonds. The van der Waals surface area contributed by atoms with Crippen molar-refractivity contribution in [1.82, 2.24) is 29.7 Å². The molecule has 2 aromatic carbocycles. The lowest BCUT2D eigenvalue weighted by atomic mass is 10.0. The van der Waals surface area contributed by atoms with Crippen LogP contribution in [0.3, 0.4) is 0 Å². The van der Waals surface area contributed by atoms with Crippen molar-refractivity contribution >= 4 is 74.7 Å². The first-order valence-corrected chi connectivity index (χ1v) is 18.0. The normalized spacial score (nSPS) is 16.9. The summed E-state index contributed by atoms with van der Waals surface area (Å²) in [5.74, 6) is 1.75. The van der Waals surface area contributed by atoms with Gasteiger partial charge in [0.05, 0.1) is 39.7 Å². The van der Waals surface area contributed by atoms with Gasteiger partial charge < -0.3 is 30.9 Å². The van der Waals surface area contributed by atoms with Crippen LogP contribution in [0.2, 0.25) is 0 Å². The zero-order chi connectivity index (χ0) is 30.8. The molecule has 4 aromatic rings. The SMILES string of the molecule is COc1cc(N2CCC(N3CCN(C)CC3)CC2)c(N)cc1Nc1ncc(Br)c(Nc2ccc3nccnc3c2P(C)C)n1. The van der Waals surface area contributed by atoms with E-state index in [2.05, 4.69) is 76.6 Å². The molecule has 232 valence electrons. The van der Waals surface area contributed by atoms with Gasteiger partial charge in [0.15, 0.2) is 0 Å². The largest absolute Gasteiger partial charge is 0.494 e. The van der Waals surface area contributed by atoms with Crippen molar-refractivity contribution in [2.75, 3.05) is 88.0 Å². The number of benzene rings is 2. The topological polar surface area (TPSA) is 121 Å². The Hall–Kier alpha value is -3.31. The second-order valence-electron chi connectivity index (χ2n) is 11.6. The lowest BCUT2D eigenvalue weighted by Crippen LogP contribution is -2.52. The van der Waals surface area contributed by atoms with Crippen LogP contribution in [-0.4, -0.2) is 103 Å². The summed E-state index contributed by atoms with van der Waals surface area (Å²) in [6.07, 6.45) is 7.46. The zero-order valence-electron chi connectivity index (χ0n) is 25.7. The molecule has 2 fully saturated rings. The third-order valence-electron chi connectivity index (χ3n) is 8.51. The number of hydrogen-bond donors (Lipinski definition) is 3. The molecule has 0 bridgehead atoms. The second-order valence-corrected chi connectivity index (χ2v) is 14.7. The number of piperidine rings is 1. The fourth-order valence-corrected chi connectivity index (χ4v) is 7.62. The van der Waals surface area contributed by atoms with E-state index in [-0.39, 0.29) is 0 Å². The van der Waals surface area contributed by atoms with Crippen molar-refractivity contribution in [1.29, 1.82) is 0 Å². The molecule has 0 saturated carbocycles. The Kier molecular flexibility index (Phi) is 9.32. The molecule has 4 heterocycles. The lowest BCUT2D eigenvalue weighted by molar-refractivity contribution is 0.0982. The van der Waals surface area contributed by atoms with E-state index >= 15 is 0 Å². The summed E-state index contributed by atoms with van der Waals surface area (Å²) in [5, 5.41) is 7.98. The van der Waals surface area contributed by atoms with E-state index in [4.69, 9.17) is 15.5 Å². The van der Waals surface area contributed by atoms with E-state index in [0.717, 1.165) is 84.3 Å². The van der Waals surface area contributed by atoms with Crippen LogP contribution in [0, 0.1) is 0 Å². The highest BCUT2D eigenvalue weighted by Gasteiger charge is 2.28. The summed E-state index contributed by atoms with van der Waals surface area (Å²) < 4.78 is 6.56. The molecule has 0 radical (unpaired) electrons. The van der Waals surface area contributed by atoms with Crippen LogP contribution in [0.5, 0.6) is 5.75 Å². The fraction of sp³-hybridized carbons (Fsp3) is 0.419. The van der Waals surface area contributed by atoms with E-state index in [0.29, 0.717) is 34.9 Å². The number of rotatable bonds is 8. The molecular formula is C31H40BrN10OP. The molecule has 6 rings (SSSR count). The molecule has 44 heavy (non-hydrogen) atoms. The Morgan fingerprint density at radius 1 is 0.955 bits per heavy atom. The average molecular weight is 680 g/mol. The molecule has 0 atom stereocenters. The number of piperazine rings is 1. The number of nitrogens with two attached hydrogens (primary N) is 1. The standard InChI is InChI=1S/C31H40BrN10OP/c1-40-13-15-41(16-14-40)20-7-11-42(12-8-20)26-18-27(43-2)25(17-22(26)33)38-31-36-19-21(32)30(39-31)37-24-6-5-23-28(29(24)44(3)4)35-10-9-34-23/h5-6,9-10,17-20H,7-8,11-16,33H2,1-4H3,(H2,36,37,38,39). The fourth-order valence-electron chi connectivity index (χ4n) is 6.12. The van der Waals surface area contributed by atoms with Crippen LogP contribution in [0.1, 0.15) is 12.8 Å².